The van der Waals surface area contributed by atoms with Gasteiger partial charge in [0.15, 0.2) is 0 Å². The highest BCUT2D eigenvalue weighted by Gasteiger charge is 2.41. The van der Waals surface area contributed by atoms with Gasteiger partial charge >= 0.3 is 12.1 Å². The summed E-state index contributed by atoms with van der Waals surface area (Å²) in [6, 6.07) is 6.76. The number of benzene rings is 1. The van der Waals surface area contributed by atoms with Crippen LogP contribution in [0.4, 0.5) is 18.9 Å². The van der Waals surface area contributed by atoms with Gasteiger partial charge in [-0.05, 0) is 55.2 Å². The molecule has 2 saturated carbocycles. The van der Waals surface area contributed by atoms with Crippen LogP contribution in [0, 0.1) is 17.8 Å². The van der Waals surface area contributed by atoms with Crippen LogP contribution in [0.1, 0.15) is 37.7 Å². The zero-order valence-corrected chi connectivity index (χ0v) is 15.8. The van der Waals surface area contributed by atoms with Gasteiger partial charge in [-0.15, -0.1) is 0 Å². The fourth-order valence-corrected chi connectivity index (χ4v) is 4.56. The summed E-state index contributed by atoms with van der Waals surface area (Å²) in [4.78, 5) is 24.6. The fourth-order valence-electron chi connectivity index (χ4n) is 4.56. The van der Waals surface area contributed by atoms with Crippen LogP contribution in [0.15, 0.2) is 24.3 Å². The molecule has 28 heavy (non-hydrogen) atoms. The molecule has 1 aromatic carbocycles. The van der Waals surface area contributed by atoms with E-state index >= 15 is 0 Å². The maximum atomic E-state index is 12.7. The van der Waals surface area contributed by atoms with Crippen molar-refractivity contribution in [2.75, 3.05) is 12.4 Å². The number of nitrogens with one attached hydrogen (secondary N) is 1. The van der Waals surface area contributed by atoms with Crippen LogP contribution in [0.3, 0.4) is 0 Å². The van der Waals surface area contributed by atoms with Crippen LogP contribution in [0.25, 0.3) is 0 Å². The highest BCUT2D eigenvalue weighted by Crippen LogP contribution is 2.42. The van der Waals surface area contributed by atoms with E-state index in [2.05, 4.69) is 5.32 Å². The van der Waals surface area contributed by atoms with Crippen molar-refractivity contribution in [1.29, 1.82) is 0 Å². The third-order valence-electron chi connectivity index (χ3n) is 5.99. The highest BCUT2D eigenvalue weighted by atomic mass is 19.4. The Bertz CT molecular complexity index is 724. The first-order valence-electron chi connectivity index (χ1n) is 9.63. The summed E-state index contributed by atoms with van der Waals surface area (Å²) in [6.07, 6.45) is -0.0327. The van der Waals surface area contributed by atoms with E-state index in [0.717, 1.165) is 32.7 Å². The van der Waals surface area contributed by atoms with Crippen LogP contribution in [-0.4, -0.2) is 36.0 Å². The second-order valence-corrected chi connectivity index (χ2v) is 8.05. The number of hydrogen-bond donors (Lipinski definition) is 2. The molecule has 5 nitrogen and oxygen atoms in total. The van der Waals surface area contributed by atoms with Gasteiger partial charge in [0, 0.05) is 31.2 Å². The normalized spacial score (nSPS) is 27.2. The molecule has 3 N–H and O–H groups in total. The second kappa shape index (κ2) is 8.11. The fraction of sp³-hybridized carbons (Fsp3) is 0.600. The van der Waals surface area contributed by atoms with E-state index in [0.29, 0.717) is 28.0 Å². The van der Waals surface area contributed by atoms with Gasteiger partial charge in [0.1, 0.15) is 0 Å². The van der Waals surface area contributed by atoms with Gasteiger partial charge in [-0.25, -0.2) is 0 Å². The number of halogens is 3. The number of carbonyl (C=O) groups is 2. The predicted molar refractivity (Wildman–Crippen MR) is 99.1 cm³/mol. The molecule has 1 aromatic rings. The van der Waals surface area contributed by atoms with Gasteiger partial charge in [0.05, 0.1) is 0 Å². The number of nitrogens with zero attached hydrogens (tertiary/aromatic N) is 1. The monoisotopic (exact) mass is 397 g/mol. The summed E-state index contributed by atoms with van der Waals surface area (Å²) in [5.41, 5.74) is 7.31. The molecule has 0 aromatic heterocycles. The molecule has 2 atom stereocenters. The van der Waals surface area contributed by atoms with Crippen LogP contribution < -0.4 is 11.1 Å². The molecule has 2 amide bonds. The van der Waals surface area contributed by atoms with Gasteiger partial charge < -0.3 is 16.0 Å². The average molecular weight is 397 g/mol. The van der Waals surface area contributed by atoms with E-state index in [1.54, 1.807) is 24.3 Å². The number of anilines is 1. The molecular weight excluding hydrogens is 371 g/mol. The summed E-state index contributed by atoms with van der Waals surface area (Å²) >= 11 is 0. The lowest BCUT2D eigenvalue weighted by atomic mass is 9.65. The lowest BCUT2D eigenvalue weighted by Crippen LogP contribution is -2.48. The highest BCUT2D eigenvalue weighted by molar-refractivity contribution is 5.92. The standard InChI is InChI=1S/C20H26F3N3O2/c1-26(19(28)20(21,22)23)11-12-4-2-7-16(8-12)25-18(27)15-9-13-5-3-6-14(10-15)17(13)24/h2,4,7-8,13-15,17H,3,5-6,9-11,24H2,1H3,(H,25,27). The number of carbonyl (C=O) groups excluding carboxylic acids is 2. The maximum absolute atomic E-state index is 12.7. The number of hydrogen-bond acceptors (Lipinski definition) is 3. The molecule has 0 spiro atoms. The van der Waals surface area contributed by atoms with Crippen molar-refractivity contribution in [3.05, 3.63) is 29.8 Å². The molecule has 2 bridgehead atoms. The molecule has 8 heteroatoms. The van der Waals surface area contributed by atoms with Crippen molar-refractivity contribution >= 4 is 17.5 Å². The number of nitrogens with two attached hydrogens (primary N) is 1. The minimum Gasteiger partial charge on any atom is -0.334 e. The van der Waals surface area contributed by atoms with Crippen LogP contribution in [0.2, 0.25) is 0 Å². The first-order chi connectivity index (χ1) is 13.1. The zero-order valence-electron chi connectivity index (χ0n) is 15.8. The van der Waals surface area contributed by atoms with E-state index in [9.17, 15) is 22.8 Å². The van der Waals surface area contributed by atoms with Gasteiger partial charge in [-0.2, -0.15) is 13.2 Å². The summed E-state index contributed by atoms with van der Waals surface area (Å²) in [5, 5.41) is 2.88. The number of fused-ring (bicyclic) bond motifs is 2. The molecule has 154 valence electrons. The van der Waals surface area contributed by atoms with Crippen molar-refractivity contribution in [1.82, 2.24) is 4.90 Å². The topological polar surface area (TPSA) is 75.4 Å². The number of alkyl halides is 3. The van der Waals surface area contributed by atoms with E-state index in [4.69, 9.17) is 5.73 Å². The molecule has 0 heterocycles. The van der Waals surface area contributed by atoms with E-state index < -0.39 is 12.1 Å². The Labute approximate surface area is 162 Å². The Hall–Kier alpha value is -2.09. The number of rotatable bonds is 4. The SMILES string of the molecule is CN(Cc1cccc(NC(=O)C2CC3CCCC(C2)C3N)c1)C(=O)C(F)(F)F. The van der Waals surface area contributed by atoms with E-state index in [-0.39, 0.29) is 24.4 Å². The molecule has 0 saturated heterocycles. The van der Waals surface area contributed by atoms with Crippen LogP contribution in [-0.2, 0) is 16.1 Å². The zero-order chi connectivity index (χ0) is 20.5. The maximum Gasteiger partial charge on any atom is 0.471 e. The summed E-state index contributed by atoms with van der Waals surface area (Å²) in [5.74, 6) is -1.28. The van der Waals surface area contributed by atoms with Crippen molar-refractivity contribution in [2.45, 2.75) is 50.9 Å². The molecule has 2 unspecified atom stereocenters. The Morgan fingerprint density at radius 2 is 1.86 bits per heavy atom. The lowest BCUT2D eigenvalue weighted by molar-refractivity contribution is -0.184. The third kappa shape index (κ3) is 4.66. The van der Waals surface area contributed by atoms with Crippen LogP contribution >= 0.6 is 0 Å². The second-order valence-electron chi connectivity index (χ2n) is 8.05. The Balaban J connectivity index is 1.61. The molecule has 0 radical (unpaired) electrons. The molecule has 2 fully saturated rings. The van der Waals surface area contributed by atoms with Gasteiger partial charge in [-0.1, -0.05) is 18.6 Å². The van der Waals surface area contributed by atoms with Crippen molar-refractivity contribution in [3.8, 4) is 0 Å². The first kappa shape index (κ1) is 20.6. The van der Waals surface area contributed by atoms with Crippen LogP contribution in [0.5, 0.6) is 0 Å². The van der Waals surface area contributed by atoms with E-state index in [1.165, 1.54) is 6.42 Å². The molecule has 2 aliphatic rings. The first-order valence-corrected chi connectivity index (χ1v) is 9.63. The molecule has 3 rings (SSSR count). The average Bonchev–Trinajstić information content (AvgIpc) is 2.60. The summed E-state index contributed by atoms with van der Waals surface area (Å²) in [7, 11) is 1.10. The number of amides is 2. The smallest absolute Gasteiger partial charge is 0.334 e. The molecule has 2 aliphatic carbocycles. The summed E-state index contributed by atoms with van der Waals surface area (Å²) in [6.45, 7) is -0.190. The van der Waals surface area contributed by atoms with Crippen molar-refractivity contribution < 1.29 is 22.8 Å². The van der Waals surface area contributed by atoms with Crippen molar-refractivity contribution in [3.63, 3.8) is 0 Å². The Morgan fingerprint density at radius 1 is 1.21 bits per heavy atom. The van der Waals surface area contributed by atoms with Crippen molar-refractivity contribution in [2.24, 2.45) is 23.5 Å². The lowest BCUT2D eigenvalue weighted by Gasteiger charge is -2.43. The molecule has 0 aliphatic heterocycles. The summed E-state index contributed by atoms with van der Waals surface area (Å²) < 4.78 is 37.6. The largest absolute Gasteiger partial charge is 0.471 e. The van der Waals surface area contributed by atoms with Gasteiger partial charge in [-0.3, -0.25) is 9.59 Å². The quantitative estimate of drug-likeness (QED) is 0.819. The Kier molecular flexibility index (Phi) is 5.98. The Morgan fingerprint density at radius 3 is 2.46 bits per heavy atom. The molecular formula is C20H26F3N3O2. The van der Waals surface area contributed by atoms with Gasteiger partial charge in [0.25, 0.3) is 0 Å². The van der Waals surface area contributed by atoms with E-state index in [1.807, 2.05) is 0 Å². The third-order valence-corrected chi connectivity index (χ3v) is 5.99. The van der Waals surface area contributed by atoms with Gasteiger partial charge in [0.2, 0.25) is 5.91 Å². The predicted octanol–water partition coefficient (Wildman–Crippen LogP) is 3.30. The minimum atomic E-state index is -4.90. The minimum absolute atomic E-state index is 0.0688.